The molecule has 98 valence electrons. The van der Waals surface area contributed by atoms with Crippen molar-refractivity contribution in [3.8, 4) is 0 Å². The predicted octanol–water partition coefficient (Wildman–Crippen LogP) is 1.79. The Balaban J connectivity index is 2.16. The Morgan fingerprint density at radius 3 is 2.61 bits per heavy atom. The summed E-state index contributed by atoms with van der Waals surface area (Å²) < 4.78 is 0. The van der Waals surface area contributed by atoms with Gasteiger partial charge in [-0.15, -0.1) is 0 Å². The maximum Gasteiger partial charge on any atom is 0.276 e. The largest absolute Gasteiger partial charge is 0.354 e. The van der Waals surface area contributed by atoms with Gasteiger partial charge in [0, 0.05) is 26.2 Å². The number of rotatable bonds is 3. The molecule has 1 saturated heterocycles. The van der Waals surface area contributed by atoms with Crippen LogP contribution in [0.5, 0.6) is 0 Å². The molecule has 0 aromatic carbocycles. The zero-order valence-corrected chi connectivity index (χ0v) is 10.9. The van der Waals surface area contributed by atoms with Crippen LogP contribution in [0.25, 0.3) is 0 Å². The Bertz CT molecular complexity index is 447. The molecule has 2 heterocycles. The quantitative estimate of drug-likeness (QED) is 0.476. The van der Waals surface area contributed by atoms with Crippen molar-refractivity contribution >= 4 is 23.1 Å². The standard InChI is InChI=1S/C11H15ClN4O2/c1-2-14-3-5-15(6-4-14)11-8-9(16(17)18)7-10(12)13-11/h7-8H,2-6H2,1H3. The van der Waals surface area contributed by atoms with Crippen LogP contribution in [-0.2, 0) is 0 Å². The molecule has 0 radical (unpaired) electrons. The van der Waals surface area contributed by atoms with Crippen LogP contribution in [0.4, 0.5) is 11.5 Å². The number of anilines is 1. The van der Waals surface area contributed by atoms with E-state index in [1.54, 1.807) is 0 Å². The average Bonchev–Trinajstić information content (AvgIpc) is 2.38. The van der Waals surface area contributed by atoms with Crippen LogP contribution in [0.2, 0.25) is 5.15 Å². The monoisotopic (exact) mass is 270 g/mol. The van der Waals surface area contributed by atoms with E-state index in [2.05, 4.69) is 16.8 Å². The van der Waals surface area contributed by atoms with Crippen molar-refractivity contribution in [2.24, 2.45) is 0 Å². The lowest BCUT2D eigenvalue weighted by molar-refractivity contribution is -0.384. The van der Waals surface area contributed by atoms with Gasteiger partial charge in [-0.25, -0.2) is 4.98 Å². The zero-order chi connectivity index (χ0) is 13.1. The van der Waals surface area contributed by atoms with Gasteiger partial charge < -0.3 is 9.80 Å². The van der Waals surface area contributed by atoms with Crippen LogP contribution in [-0.4, -0.2) is 47.5 Å². The highest BCUT2D eigenvalue weighted by Gasteiger charge is 2.19. The van der Waals surface area contributed by atoms with E-state index in [0.29, 0.717) is 5.82 Å². The van der Waals surface area contributed by atoms with Crippen molar-refractivity contribution in [1.29, 1.82) is 0 Å². The number of nitrogens with zero attached hydrogens (tertiary/aromatic N) is 4. The molecular formula is C11H15ClN4O2. The number of piperazine rings is 1. The molecule has 0 N–H and O–H groups in total. The summed E-state index contributed by atoms with van der Waals surface area (Å²) in [6.45, 7) is 6.67. The van der Waals surface area contributed by atoms with Crippen LogP contribution < -0.4 is 4.90 Å². The minimum atomic E-state index is -0.445. The molecular weight excluding hydrogens is 256 g/mol. The Morgan fingerprint density at radius 2 is 2.06 bits per heavy atom. The highest BCUT2D eigenvalue weighted by atomic mass is 35.5. The van der Waals surface area contributed by atoms with Crippen LogP contribution >= 0.6 is 11.6 Å². The minimum Gasteiger partial charge on any atom is -0.354 e. The minimum absolute atomic E-state index is 0.0112. The molecule has 7 heteroatoms. The highest BCUT2D eigenvalue weighted by Crippen LogP contribution is 2.23. The SMILES string of the molecule is CCN1CCN(c2cc([N+](=O)[O-])cc(Cl)n2)CC1. The second-order valence-corrected chi connectivity index (χ2v) is 4.57. The Hall–Kier alpha value is -1.40. The van der Waals surface area contributed by atoms with E-state index >= 15 is 0 Å². The summed E-state index contributed by atoms with van der Waals surface area (Å²) in [5.41, 5.74) is -0.0112. The van der Waals surface area contributed by atoms with Crippen LogP contribution in [0, 0.1) is 10.1 Å². The Labute approximate surface area is 110 Å². The van der Waals surface area contributed by atoms with Gasteiger partial charge in [-0.3, -0.25) is 10.1 Å². The highest BCUT2D eigenvalue weighted by molar-refractivity contribution is 6.29. The molecule has 6 nitrogen and oxygen atoms in total. The van der Waals surface area contributed by atoms with Crippen molar-refractivity contribution in [1.82, 2.24) is 9.88 Å². The summed E-state index contributed by atoms with van der Waals surface area (Å²) in [4.78, 5) is 18.9. The molecule has 1 aromatic heterocycles. The van der Waals surface area contributed by atoms with Crippen LogP contribution in [0.1, 0.15) is 6.92 Å². The molecule has 1 aliphatic rings. The average molecular weight is 271 g/mol. The summed E-state index contributed by atoms with van der Waals surface area (Å²) in [7, 11) is 0. The maximum atomic E-state index is 10.8. The fourth-order valence-corrected chi connectivity index (χ4v) is 2.23. The van der Waals surface area contributed by atoms with Gasteiger partial charge in [0.25, 0.3) is 5.69 Å². The Kier molecular flexibility index (Phi) is 3.98. The Morgan fingerprint density at radius 1 is 1.39 bits per heavy atom. The van der Waals surface area contributed by atoms with Crippen LogP contribution in [0.3, 0.4) is 0 Å². The van der Waals surface area contributed by atoms with Gasteiger partial charge in [-0.2, -0.15) is 0 Å². The summed E-state index contributed by atoms with van der Waals surface area (Å²) >= 11 is 5.82. The fourth-order valence-electron chi connectivity index (χ4n) is 2.03. The molecule has 1 aliphatic heterocycles. The third-order valence-electron chi connectivity index (χ3n) is 3.12. The van der Waals surface area contributed by atoms with E-state index in [9.17, 15) is 10.1 Å². The smallest absolute Gasteiger partial charge is 0.276 e. The number of pyridine rings is 1. The van der Waals surface area contributed by atoms with E-state index < -0.39 is 4.92 Å². The van der Waals surface area contributed by atoms with Crippen molar-refractivity contribution in [2.45, 2.75) is 6.92 Å². The number of nitro groups is 1. The lowest BCUT2D eigenvalue weighted by Crippen LogP contribution is -2.46. The molecule has 0 atom stereocenters. The molecule has 0 amide bonds. The third-order valence-corrected chi connectivity index (χ3v) is 3.31. The van der Waals surface area contributed by atoms with Gasteiger partial charge in [0.15, 0.2) is 0 Å². The van der Waals surface area contributed by atoms with Gasteiger partial charge in [0.2, 0.25) is 0 Å². The zero-order valence-electron chi connectivity index (χ0n) is 10.2. The predicted molar refractivity (Wildman–Crippen MR) is 70.2 cm³/mol. The summed E-state index contributed by atoms with van der Waals surface area (Å²) in [6, 6.07) is 2.75. The topological polar surface area (TPSA) is 62.5 Å². The van der Waals surface area contributed by atoms with Gasteiger partial charge >= 0.3 is 0 Å². The fraction of sp³-hybridized carbons (Fsp3) is 0.545. The first-order valence-corrected chi connectivity index (χ1v) is 6.27. The molecule has 0 bridgehead atoms. The van der Waals surface area contributed by atoms with E-state index in [1.165, 1.54) is 12.1 Å². The second kappa shape index (κ2) is 5.49. The lowest BCUT2D eigenvalue weighted by Gasteiger charge is -2.34. The van der Waals surface area contributed by atoms with Crippen molar-refractivity contribution in [3.05, 3.63) is 27.4 Å². The molecule has 0 unspecified atom stereocenters. The van der Waals surface area contributed by atoms with Gasteiger partial charge in [0.1, 0.15) is 11.0 Å². The van der Waals surface area contributed by atoms with E-state index in [1.807, 2.05) is 4.90 Å². The number of likely N-dealkylation sites (N-methyl/N-ethyl adjacent to an activating group) is 1. The molecule has 0 spiro atoms. The molecule has 18 heavy (non-hydrogen) atoms. The molecule has 0 aliphatic carbocycles. The number of halogens is 1. The normalized spacial score (nSPS) is 16.9. The summed E-state index contributed by atoms with van der Waals surface area (Å²) in [6.07, 6.45) is 0. The first-order chi connectivity index (χ1) is 8.60. The summed E-state index contributed by atoms with van der Waals surface area (Å²) in [5, 5.41) is 10.9. The molecule has 1 fully saturated rings. The van der Waals surface area contributed by atoms with Crippen molar-refractivity contribution in [3.63, 3.8) is 0 Å². The van der Waals surface area contributed by atoms with Crippen molar-refractivity contribution < 1.29 is 4.92 Å². The van der Waals surface area contributed by atoms with E-state index in [0.717, 1.165) is 32.7 Å². The molecule has 0 saturated carbocycles. The van der Waals surface area contributed by atoms with Crippen LogP contribution in [0.15, 0.2) is 12.1 Å². The third kappa shape index (κ3) is 2.88. The number of aromatic nitrogens is 1. The van der Waals surface area contributed by atoms with E-state index in [-0.39, 0.29) is 10.8 Å². The first-order valence-electron chi connectivity index (χ1n) is 5.89. The van der Waals surface area contributed by atoms with Gasteiger partial charge in [0.05, 0.1) is 17.1 Å². The summed E-state index contributed by atoms with van der Waals surface area (Å²) in [5.74, 6) is 0.588. The number of hydrogen-bond donors (Lipinski definition) is 0. The van der Waals surface area contributed by atoms with E-state index in [4.69, 9.17) is 11.6 Å². The van der Waals surface area contributed by atoms with Gasteiger partial charge in [-0.05, 0) is 6.54 Å². The first kappa shape index (κ1) is 13.0. The van der Waals surface area contributed by atoms with Gasteiger partial charge in [-0.1, -0.05) is 18.5 Å². The molecule has 1 aromatic rings. The second-order valence-electron chi connectivity index (χ2n) is 4.18. The maximum absolute atomic E-state index is 10.8. The molecule has 2 rings (SSSR count). The van der Waals surface area contributed by atoms with Crippen molar-refractivity contribution in [2.75, 3.05) is 37.6 Å². The lowest BCUT2D eigenvalue weighted by atomic mass is 10.3. The number of hydrogen-bond acceptors (Lipinski definition) is 5.